The summed E-state index contributed by atoms with van der Waals surface area (Å²) in [4.78, 5) is 46.4. The van der Waals surface area contributed by atoms with Crippen LogP contribution >= 0.6 is 0 Å². The van der Waals surface area contributed by atoms with Crippen LogP contribution in [0, 0.1) is 0 Å². The SMILES string of the molecule is CCCCCCCCCCCCCCCCCC(=O)O[C@H](C)C(=O)O[C@H](C)C(=O)O[C@H](C)C(=O)O. The quantitative estimate of drug-likeness (QED) is 0.107. The van der Waals surface area contributed by atoms with Crippen LogP contribution < -0.4 is 0 Å². The first-order chi connectivity index (χ1) is 16.7. The second kappa shape index (κ2) is 21.2. The number of carboxylic acid groups (broad SMARTS) is 1. The largest absolute Gasteiger partial charge is 0.479 e. The molecule has 0 saturated heterocycles. The number of carbonyl (C=O) groups is 4. The Bertz CT molecular complexity index is 604. The summed E-state index contributed by atoms with van der Waals surface area (Å²) in [5.41, 5.74) is 0. The molecule has 0 rings (SSSR count). The van der Waals surface area contributed by atoms with Gasteiger partial charge in [-0.2, -0.15) is 0 Å². The van der Waals surface area contributed by atoms with Gasteiger partial charge in [-0.1, -0.05) is 96.8 Å². The zero-order chi connectivity index (χ0) is 26.5. The predicted molar refractivity (Wildman–Crippen MR) is 134 cm³/mol. The Morgan fingerprint density at radius 1 is 0.543 bits per heavy atom. The molecule has 0 fully saturated rings. The van der Waals surface area contributed by atoms with E-state index in [9.17, 15) is 19.2 Å². The van der Waals surface area contributed by atoms with E-state index in [4.69, 9.17) is 14.6 Å². The lowest BCUT2D eigenvalue weighted by molar-refractivity contribution is -0.181. The van der Waals surface area contributed by atoms with Crippen molar-refractivity contribution in [3.8, 4) is 0 Å². The van der Waals surface area contributed by atoms with Crippen LogP contribution in [0.1, 0.15) is 130 Å². The third kappa shape index (κ3) is 18.8. The minimum Gasteiger partial charge on any atom is -0.479 e. The lowest BCUT2D eigenvalue weighted by Gasteiger charge is -2.17. The molecule has 8 heteroatoms. The molecule has 0 bridgehead atoms. The first-order valence-corrected chi connectivity index (χ1v) is 13.5. The Balaban J connectivity index is 3.71. The molecule has 204 valence electrons. The van der Waals surface area contributed by atoms with Gasteiger partial charge in [-0.05, 0) is 27.2 Å². The highest BCUT2D eigenvalue weighted by Crippen LogP contribution is 2.14. The van der Waals surface area contributed by atoms with Crippen molar-refractivity contribution in [3.63, 3.8) is 0 Å². The lowest BCUT2D eigenvalue weighted by atomic mass is 10.0. The smallest absolute Gasteiger partial charge is 0.347 e. The number of esters is 3. The van der Waals surface area contributed by atoms with E-state index in [0.29, 0.717) is 6.42 Å². The van der Waals surface area contributed by atoms with Crippen LogP contribution in [0.5, 0.6) is 0 Å². The number of rotatable bonds is 22. The highest BCUT2D eigenvalue weighted by atomic mass is 16.6. The van der Waals surface area contributed by atoms with Crippen molar-refractivity contribution in [3.05, 3.63) is 0 Å². The Kier molecular flexibility index (Phi) is 19.9. The van der Waals surface area contributed by atoms with E-state index in [1.165, 1.54) is 97.8 Å². The molecule has 0 amide bonds. The maximum Gasteiger partial charge on any atom is 0.347 e. The lowest BCUT2D eigenvalue weighted by Crippen LogP contribution is -2.35. The summed E-state index contributed by atoms with van der Waals surface area (Å²) >= 11 is 0. The summed E-state index contributed by atoms with van der Waals surface area (Å²) < 4.78 is 14.6. The summed E-state index contributed by atoms with van der Waals surface area (Å²) in [7, 11) is 0. The van der Waals surface area contributed by atoms with Gasteiger partial charge in [-0.3, -0.25) is 4.79 Å². The predicted octanol–water partition coefficient (Wildman–Crippen LogP) is 6.13. The number of hydrogen-bond acceptors (Lipinski definition) is 7. The molecule has 0 aromatic carbocycles. The second-order valence-corrected chi connectivity index (χ2v) is 9.33. The standard InChI is InChI=1S/C27H48O8/c1-5-6-7-8-9-10-11-12-13-14-15-16-17-18-19-20-24(28)33-22(3)26(31)35-23(4)27(32)34-21(2)25(29)30/h21-23H,5-20H2,1-4H3,(H,29,30)/t21-,22-,23-/m1/s1. The molecule has 3 atom stereocenters. The number of aliphatic carboxylic acids is 1. The highest BCUT2D eigenvalue weighted by Gasteiger charge is 2.27. The molecule has 0 saturated carbocycles. The van der Waals surface area contributed by atoms with Gasteiger partial charge in [-0.15, -0.1) is 0 Å². The van der Waals surface area contributed by atoms with Gasteiger partial charge in [0.15, 0.2) is 18.3 Å². The van der Waals surface area contributed by atoms with Gasteiger partial charge >= 0.3 is 23.9 Å². The minimum atomic E-state index is -1.35. The zero-order valence-corrected chi connectivity index (χ0v) is 22.4. The van der Waals surface area contributed by atoms with E-state index >= 15 is 0 Å². The molecule has 0 aliphatic rings. The van der Waals surface area contributed by atoms with Crippen LogP contribution in [-0.4, -0.2) is 47.3 Å². The summed E-state index contributed by atoms with van der Waals surface area (Å²) in [6.07, 6.45) is 15.0. The van der Waals surface area contributed by atoms with Gasteiger partial charge in [0, 0.05) is 6.42 Å². The molecule has 0 heterocycles. The Labute approximate surface area is 211 Å². The van der Waals surface area contributed by atoms with Crippen molar-refractivity contribution < 1.29 is 38.5 Å². The van der Waals surface area contributed by atoms with E-state index in [-0.39, 0.29) is 6.42 Å². The topological polar surface area (TPSA) is 116 Å². The van der Waals surface area contributed by atoms with E-state index in [0.717, 1.165) is 12.8 Å². The van der Waals surface area contributed by atoms with Crippen molar-refractivity contribution in [1.29, 1.82) is 0 Å². The molecular weight excluding hydrogens is 452 g/mol. The zero-order valence-electron chi connectivity index (χ0n) is 22.4. The van der Waals surface area contributed by atoms with E-state index in [2.05, 4.69) is 11.7 Å². The minimum absolute atomic E-state index is 0.226. The Hall–Kier alpha value is -2.12. The first kappa shape index (κ1) is 32.9. The molecule has 8 nitrogen and oxygen atoms in total. The molecule has 0 aliphatic carbocycles. The molecule has 0 radical (unpaired) electrons. The van der Waals surface area contributed by atoms with Crippen molar-refractivity contribution in [1.82, 2.24) is 0 Å². The monoisotopic (exact) mass is 500 g/mol. The average molecular weight is 501 g/mol. The summed E-state index contributed by atoms with van der Waals surface area (Å²) in [6, 6.07) is 0. The van der Waals surface area contributed by atoms with Crippen LogP contribution in [-0.2, 0) is 33.4 Å². The van der Waals surface area contributed by atoms with Crippen molar-refractivity contribution >= 4 is 23.9 Å². The average Bonchev–Trinajstić information content (AvgIpc) is 2.81. The summed E-state index contributed by atoms with van der Waals surface area (Å²) in [5.74, 6) is -3.66. The molecule has 0 aliphatic heterocycles. The van der Waals surface area contributed by atoms with Crippen LogP contribution in [0.25, 0.3) is 0 Å². The van der Waals surface area contributed by atoms with Crippen molar-refractivity contribution in [2.75, 3.05) is 0 Å². The van der Waals surface area contributed by atoms with Gasteiger partial charge in [-0.25, -0.2) is 14.4 Å². The van der Waals surface area contributed by atoms with Crippen LogP contribution in [0.3, 0.4) is 0 Å². The van der Waals surface area contributed by atoms with Crippen LogP contribution in [0.4, 0.5) is 0 Å². The number of ether oxygens (including phenoxy) is 3. The number of carbonyl (C=O) groups excluding carboxylic acids is 3. The number of unbranched alkanes of at least 4 members (excludes halogenated alkanes) is 14. The summed E-state index contributed by atoms with van der Waals surface area (Å²) in [6.45, 7) is 6.07. The Morgan fingerprint density at radius 2 is 0.886 bits per heavy atom. The third-order valence-corrected chi connectivity index (χ3v) is 5.89. The Morgan fingerprint density at radius 3 is 1.29 bits per heavy atom. The molecule has 0 aromatic rings. The fourth-order valence-electron chi connectivity index (χ4n) is 3.58. The highest BCUT2D eigenvalue weighted by molar-refractivity contribution is 5.84. The maximum atomic E-state index is 12.0. The van der Waals surface area contributed by atoms with Gasteiger partial charge < -0.3 is 19.3 Å². The van der Waals surface area contributed by atoms with E-state index < -0.39 is 42.2 Å². The van der Waals surface area contributed by atoms with Crippen molar-refractivity contribution in [2.24, 2.45) is 0 Å². The third-order valence-electron chi connectivity index (χ3n) is 5.89. The molecule has 0 spiro atoms. The van der Waals surface area contributed by atoms with E-state index in [1.54, 1.807) is 0 Å². The molecular formula is C27H48O8. The van der Waals surface area contributed by atoms with E-state index in [1.807, 2.05) is 0 Å². The van der Waals surface area contributed by atoms with Crippen LogP contribution in [0.2, 0.25) is 0 Å². The van der Waals surface area contributed by atoms with Gasteiger partial charge in [0.1, 0.15) is 0 Å². The fraction of sp³-hybridized carbons (Fsp3) is 0.852. The molecule has 0 unspecified atom stereocenters. The number of carboxylic acids is 1. The molecule has 0 aromatic heterocycles. The van der Waals surface area contributed by atoms with Gasteiger partial charge in [0.05, 0.1) is 0 Å². The van der Waals surface area contributed by atoms with Crippen molar-refractivity contribution in [2.45, 2.75) is 149 Å². The fourth-order valence-corrected chi connectivity index (χ4v) is 3.58. The first-order valence-electron chi connectivity index (χ1n) is 13.5. The second-order valence-electron chi connectivity index (χ2n) is 9.33. The number of hydrogen-bond donors (Lipinski definition) is 1. The van der Waals surface area contributed by atoms with Crippen LogP contribution in [0.15, 0.2) is 0 Å². The molecule has 1 N–H and O–H groups in total. The summed E-state index contributed by atoms with van der Waals surface area (Å²) in [5, 5.41) is 8.74. The normalized spacial score (nSPS) is 13.5. The van der Waals surface area contributed by atoms with Gasteiger partial charge in [0.2, 0.25) is 0 Å². The van der Waals surface area contributed by atoms with Gasteiger partial charge in [0.25, 0.3) is 0 Å². The maximum absolute atomic E-state index is 12.0. The molecule has 35 heavy (non-hydrogen) atoms.